The van der Waals surface area contributed by atoms with Crippen LogP contribution in [0.15, 0.2) is 18.2 Å². The van der Waals surface area contributed by atoms with E-state index in [1.54, 1.807) is 13.0 Å². The fourth-order valence-corrected chi connectivity index (χ4v) is 2.17. The van der Waals surface area contributed by atoms with Crippen LogP contribution in [0.2, 0.25) is 0 Å². The van der Waals surface area contributed by atoms with Crippen LogP contribution in [-0.4, -0.2) is 54.9 Å². The SMILES string of the molecule is Cc1ccc(F)cc1NC(=O)CN1CCOCC1CO. The molecule has 1 saturated heterocycles. The number of nitrogens with zero attached hydrogens (tertiary/aromatic N) is 1. The molecule has 0 spiro atoms. The van der Waals surface area contributed by atoms with Crippen LogP contribution in [0.5, 0.6) is 0 Å². The Kier molecular flexibility index (Phi) is 5.05. The van der Waals surface area contributed by atoms with E-state index in [0.29, 0.717) is 25.4 Å². The van der Waals surface area contributed by atoms with Gasteiger partial charge in [0.15, 0.2) is 0 Å². The summed E-state index contributed by atoms with van der Waals surface area (Å²) in [5.41, 5.74) is 1.28. The number of hydrogen-bond acceptors (Lipinski definition) is 4. The Morgan fingerprint density at radius 1 is 1.60 bits per heavy atom. The molecule has 1 fully saturated rings. The fourth-order valence-electron chi connectivity index (χ4n) is 2.17. The van der Waals surface area contributed by atoms with E-state index in [1.165, 1.54) is 12.1 Å². The largest absolute Gasteiger partial charge is 0.395 e. The van der Waals surface area contributed by atoms with E-state index < -0.39 is 0 Å². The predicted octanol–water partition coefficient (Wildman–Crippen LogP) is 0.766. The highest BCUT2D eigenvalue weighted by molar-refractivity contribution is 5.93. The summed E-state index contributed by atoms with van der Waals surface area (Å²) in [6.07, 6.45) is 0. The van der Waals surface area contributed by atoms with E-state index in [2.05, 4.69) is 5.32 Å². The molecule has 6 heteroatoms. The zero-order chi connectivity index (χ0) is 14.5. The zero-order valence-corrected chi connectivity index (χ0v) is 11.4. The maximum atomic E-state index is 13.2. The van der Waals surface area contributed by atoms with Crippen molar-refractivity contribution in [2.75, 3.05) is 38.2 Å². The van der Waals surface area contributed by atoms with E-state index in [-0.39, 0.29) is 30.9 Å². The van der Waals surface area contributed by atoms with Crippen molar-refractivity contribution >= 4 is 11.6 Å². The summed E-state index contributed by atoms with van der Waals surface area (Å²) < 4.78 is 18.4. The first-order valence-corrected chi connectivity index (χ1v) is 6.59. The number of aryl methyl sites for hydroxylation is 1. The zero-order valence-electron chi connectivity index (χ0n) is 11.4. The van der Waals surface area contributed by atoms with Gasteiger partial charge in [-0.05, 0) is 24.6 Å². The molecule has 1 atom stereocenters. The number of benzene rings is 1. The molecule has 20 heavy (non-hydrogen) atoms. The first-order chi connectivity index (χ1) is 9.60. The van der Waals surface area contributed by atoms with Crippen LogP contribution in [0.3, 0.4) is 0 Å². The Morgan fingerprint density at radius 3 is 3.15 bits per heavy atom. The molecule has 1 aromatic rings. The molecule has 110 valence electrons. The van der Waals surface area contributed by atoms with Crippen LogP contribution in [0, 0.1) is 12.7 Å². The molecule has 1 heterocycles. The summed E-state index contributed by atoms with van der Waals surface area (Å²) in [4.78, 5) is 13.9. The van der Waals surface area contributed by atoms with Gasteiger partial charge in [0.2, 0.25) is 5.91 Å². The topological polar surface area (TPSA) is 61.8 Å². The number of carbonyl (C=O) groups excluding carboxylic acids is 1. The highest BCUT2D eigenvalue weighted by Crippen LogP contribution is 2.16. The number of ether oxygens (including phenoxy) is 1. The van der Waals surface area contributed by atoms with Crippen molar-refractivity contribution in [1.82, 2.24) is 4.90 Å². The van der Waals surface area contributed by atoms with Crippen LogP contribution >= 0.6 is 0 Å². The fraction of sp³-hybridized carbons (Fsp3) is 0.500. The van der Waals surface area contributed by atoms with Crippen LogP contribution < -0.4 is 5.32 Å². The van der Waals surface area contributed by atoms with Crippen molar-refractivity contribution in [1.29, 1.82) is 0 Å². The molecule has 1 unspecified atom stereocenters. The molecule has 0 saturated carbocycles. The second-order valence-corrected chi connectivity index (χ2v) is 4.89. The van der Waals surface area contributed by atoms with E-state index in [4.69, 9.17) is 4.74 Å². The van der Waals surface area contributed by atoms with E-state index in [0.717, 1.165) is 5.56 Å². The van der Waals surface area contributed by atoms with Gasteiger partial charge in [0.05, 0.1) is 32.4 Å². The average Bonchev–Trinajstić information content (AvgIpc) is 2.43. The average molecular weight is 282 g/mol. The lowest BCUT2D eigenvalue weighted by Crippen LogP contribution is -2.50. The van der Waals surface area contributed by atoms with E-state index in [1.807, 2.05) is 4.90 Å². The number of hydrogen-bond donors (Lipinski definition) is 2. The predicted molar refractivity (Wildman–Crippen MR) is 73.0 cm³/mol. The summed E-state index contributed by atoms with van der Waals surface area (Å²) in [5.74, 6) is -0.607. The van der Waals surface area contributed by atoms with Crippen molar-refractivity contribution in [3.8, 4) is 0 Å². The lowest BCUT2D eigenvalue weighted by Gasteiger charge is -2.33. The third-order valence-electron chi connectivity index (χ3n) is 3.38. The lowest BCUT2D eigenvalue weighted by molar-refractivity contribution is -0.120. The van der Waals surface area contributed by atoms with Crippen LogP contribution in [0.4, 0.5) is 10.1 Å². The van der Waals surface area contributed by atoms with E-state index in [9.17, 15) is 14.3 Å². The number of amides is 1. The lowest BCUT2D eigenvalue weighted by atomic mass is 10.2. The first kappa shape index (κ1) is 14.9. The van der Waals surface area contributed by atoms with Gasteiger partial charge >= 0.3 is 0 Å². The van der Waals surface area contributed by atoms with Gasteiger partial charge in [-0.25, -0.2) is 4.39 Å². The maximum absolute atomic E-state index is 13.2. The molecule has 5 nitrogen and oxygen atoms in total. The Hall–Kier alpha value is -1.50. The summed E-state index contributed by atoms with van der Waals surface area (Å²) >= 11 is 0. The van der Waals surface area contributed by atoms with Gasteiger partial charge in [-0.3, -0.25) is 9.69 Å². The smallest absolute Gasteiger partial charge is 0.238 e. The van der Waals surface area contributed by atoms with Crippen molar-refractivity contribution in [3.05, 3.63) is 29.6 Å². The molecule has 1 aromatic carbocycles. The molecular formula is C14H19FN2O3. The monoisotopic (exact) mass is 282 g/mol. The quantitative estimate of drug-likeness (QED) is 0.856. The number of halogens is 1. The molecule has 1 amide bonds. The van der Waals surface area contributed by atoms with Crippen LogP contribution in [-0.2, 0) is 9.53 Å². The molecule has 0 bridgehead atoms. The summed E-state index contributed by atoms with van der Waals surface area (Å²) in [7, 11) is 0. The molecule has 1 aliphatic heterocycles. The maximum Gasteiger partial charge on any atom is 0.238 e. The number of nitrogens with one attached hydrogen (secondary N) is 1. The van der Waals surface area contributed by atoms with Crippen molar-refractivity contribution in [2.45, 2.75) is 13.0 Å². The van der Waals surface area contributed by atoms with Gasteiger partial charge in [-0.15, -0.1) is 0 Å². The normalized spacial score (nSPS) is 19.9. The van der Waals surface area contributed by atoms with Gasteiger partial charge in [-0.1, -0.05) is 6.07 Å². The molecule has 1 aliphatic rings. The summed E-state index contributed by atoms with van der Waals surface area (Å²) in [6, 6.07) is 4.12. The van der Waals surface area contributed by atoms with Gasteiger partial charge in [0.25, 0.3) is 0 Å². The minimum atomic E-state index is -0.384. The Balaban J connectivity index is 1.96. The highest BCUT2D eigenvalue weighted by Gasteiger charge is 2.24. The molecule has 0 radical (unpaired) electrons. The Bertz CT molecular complexity index is 481. The molecule has 0 aliphatic carbocycles. The molecule has 2 rings (SSSR count). The number of anilines is 1. The third kappa shape index (κ3) is 3.75. The van der Waals surface area contributed by atoms with E-state index >= 15 is 0 Å². The molecule has 0 aromatic heterocycles. The van der Waals surface area contributed by atoms with Crippen molar-refractivity contribution in [3.63, 3.8) is 0 Å². The number of aliphatic hydroxyl groups excluding tert-OH is 1. The number of aliphatic hydroxyl groups is 1. The second-order valence-electron chi connectivity index (χ2n) is 4.89. The molecular weight excluding hydrogens is 263 g/mol. The van der Waals surface area contributed by atoms with Crippen LogP contribution in [0.25, 0.3) is 0 Å². The number of morpholine rings is 1. The minimum absolute atomic E-state index is 0.0493. The Labute approximate surface area is 117 Å². The summed E-state index contributed by atoms with van der Waals surface area (Å²) in [5, 5.41) is 11.9. The first-order valence-electron chi connectivity index (χ1n) is 6.59. The van der Waals surface area contributed by atoms with Gasteiger partial charge in [0, 0.05) is 12.2 Å². The standard InChI is InChI=1S/C14H19FN2O3/c1-10-2-3-11(15)6-13(10)16-14(19)7-17-4-5-20-9-12(17)8-18/h2-3,6,12,18H,4-5,7-9H2,1H3,(H,16,19). The second kappa shape index (κ2) is 6.78. The van der Waals surface area contributed by atoms with Crippen LogP contribution in [0.1, 0.15) is 5.56 Å². The van der Waals surface area contributed by atoms with Crippen molar-refractivity contribution < 1.29 is 19.0 Å². The van der Waals surface area contributed by atoms with Crippen molar-refractivity contribution in [2.24, 2.45) is 0 Å². The van der Waals surface area contributed by atoms with Gasteiger partial charge in [0.1, 0.15) is 5.82 Å². The highest BCUT2D eigenvalue weighted by atomic mass is 19.1. The number of carbonyl (C=O) groups is 1. The molecule has 2 N–H and O–H groups in total. The summed E-state index contributed by atoms with van der Waals surface area (Å²) in [6.45, 7) is 3.48. The third-order valence-corrected chi connectivity index (χ3v) is 3.38. The van der Waals surface area contributed by atoms with Gasteiger partial charge < -0.3 is 15.2 Å². The van der Waals surface area contributed by atoms with Gasteiger partial charge in [-0.2, -0.15) is 0 Å². The minimum Gasteiger partial charge on any atom is -0.395 e. The Morgan fingerprint density at radius 2 is 2.40 bits per heavy atom. The number of rotatable bonds is 4.